The fourth-order valence-corrected chi connectivity index (χ4v) is 2.42. The SMILES string of the molecule is C=CCCCCCC(N)c1cc(Br)ccc1Cl. The Morgan fingerprint density at radius 2 is 2.12 bits per heavy atom. The van der Waals surface area contributed by atoms with Crippen molar-refractivity contribution in [3.8, 4) is 0 Å². The number of unbranched alkanes of at least 4 members (excludes halogenated alkanes) is 3. The van der Waals surface area contributed by atoms with Gasteiger partial charge in [-0.05, 0) is 43.0 Å². The van der Waals surface area contributed by atoms with E-state index in [-0.39, 0.29) is 6.04 Å². The standard InChI is InChI=1S/C14H19BrClN/c1-2-3-4-5-6-7-14(17)12-10-11(15)8-9-13(12)16/h2,8-10,14H,1,3-7,17H2. The van der Waals surface area contributed by atoms with Crippen LogP contribution in [0.25, 0.3) is 0 Å². The van der Waals surface area contributed by atoms with Crippen LogP contribution in [0.5, 0.6) is 0 Å². The van der Waals surface area contributed by atoms with Crippen LogP contribution in [-0.4, -0.2) is 0 Å². The maximum Gasteiger partial charge on any atom is 0.0454 e. The topological polar surface area (TPSA) is 26.0 Å². The number of hydrogen-bond acceptors (Lipinski definition) is 1. The molecule has 0 aliphatic heterocycles. The second kappa shape index (κ2) is 7.91. The minimum atomic E-state index is 0.0312. The van der Waals surface area contributed by atoms with Gasteiger partial charge in [-0.2, -0.15) is 0 Å². The Labute approximate surface area is 117 Å². The van der Waals surface area contributed by atoms with Gasteiger partial charge in [-0.25, -0.2) is 0 Å². The molecule has 1 unspecified atom stereocenters. The quantitative estimate of drug-likeness (QED) is 0.540. The summed E-state index contributed by atoms with van der Waals surface area (Å²) in [5, 5.41) is 0.756. The van der Waals surface area contributed by atoms with Crippen LogP contribution in [0.15, 0.2) is 35.3 Å². The van der Waals surface area contributed by atoms with E-state index in [1.54, 1.807) is 0 Å². The molecule has 1 rings (SSSR count). The number of allylic oxidation sites excluding steroid dienone is 1. The molecule has 17 heavy (non-hydrogen) atoms. The molecule has 0 aliphatic rings. The lowest BCUT2D eigenvalue weighted by Gasteiger charge is -2.14. The third-order valence-corrected chi connectivity index (χ3v) is 3.62. The molecule has 94 valence electrons. The highest BCUT2D eigenvalue weighted by Gasteiger charge is 2.10. The van der Waals surface area contributed by atoms with Crippen molar-refractivity contribution in [3.63, 3.8) is 0 Å². The lowest BCUT2D eigenvalue weighted by Crippen LogP contribution is -2.10. The van der Waals surface area contributed by atoms with E-state index in [9.17, 15) is 0 Å². The maximum atomic E-state index is 6.15. The fraction of sp³-hybridized carbons (Fsp3) is 0.429. The Kier molecular flexibility index (Phi) is 6.86. The Balaban J connectivity index is 2.43. The Morgan fingerprint density at radius 3 is 2.82 bits per heavy atom. The van der Waals surface area contributed by atoms with E-state index in [0.29, 0.717) is 0 Å². The molecular formula is C14H19BrClN. The summed E-state index contributed by atoms with van der Waals surface area (Å²) in [6, 6.07) is 5.86. The van der Waals surface area contributed by atoms with Gasteiger partial charge in [-0.15, -0.1) is 6.58 Å². The Hall–Kier alpha value is -0.310. The van der Waals surface area contributed by atoms with Gasteiger partial charge < -0.3 is 5.73 Å². The minimum Gasteiger partial charge on any atom is -0.324 e. The number of hydrogen-bond donors (Lipinski definition) is 1. The highest BCUT2D eigenvalue weighted by atomic mass is 79.9. The van der Waals surface area contributed by atoms with Crippen LogP contribution < -0.4 is 5.73 Å². The first-order valence-electron chi connectivity index (χ1n) is 5.96. The molecule has 3 heteroatoms. The zero-order valence-electron chi connectivity index (χ0n) is 9.96. The Bertz CT molecular complexity index is 365. The summed E-state index contributed by atoms with van der Waals surface area (Å²) in [4.78, 5) is 0. The third-order valence-electron chi connectivity index (χ3n) is 2.78. The minimum absolute atomic E-state index is 0.0312. The summed E-state index contributed by atoms with van der Waals surface area (Å²) in [6.45, 7) is 3.71. The third kappa shape index (κ3) is 5.24. The van der Waals surface area contributed by atoms with Gasteiger partial charge in [0.2, 0.25) is 0 Å². The fourth-order valence-electron chi connectivity index (χ4n) is 1.78. The average Bonchev–Trinajstić information content (AvgIpc) is 2.32. The second-order valence-electron chi connectivity index (χ2n) is 4.20. The van der Waals surface area contributed by atoms with E-state index >= 15 is 0 Å². The van der Waals surface area contributed by atoms with E-state index in [2.05, 4.69) is 22.5 Å². The lowest BCUT2D eigenvalue weighted by molar-refractivity contribution is 0.572. The molecule has 0 aliphatic carbocycles. The molecule has 0 aromatic heterocycles. The van der Waals surface area contributed by atoms with Crippen LogP contribution in [0.4, 0.5) is 0 Å². The summed E-state index contributed by atoms with van der Waals surface area (Å²) in [7, 11) is 0. The van der Waals surface area contributed by atoms with E-state index in [4.69, 9.17) is 17.3 Å². The molecule has 1 atom stereocenters. The number of halogens is 2. The van der Waals surface area contributed by atoms with Crippen molar-refractivity contribution in [2.75, 3.05) is 0 Å². The molecule has 0 fully saturated rings. The molecule has 0 heterocycles. The molecule has 0 spiro atoms. The predicted molar refractivity (Wildman–Crippen MR) is 79.4 cm³/mol. The first kappa shape index (κ1) is 14.7. The number of nitrogens with two attached hydrogens (primary N) is 1. The molecule has 2 N–H and O–H groups in total. The van der Waals surface area contributed by atoms with Crippen molar-refractivity contribution in [2.45, 2.75) is 38.1 Å². The summed E-state index contributed by atoms with van der Waals surface area (Å²) in [5.41, 5.74) is 7.19. The molecule has 0 saturated heterocycles. The summed E-state index contributed by atoms with van der Waals surface area (Å²) in [5.74, 6) is 0. The van der Waals surface area contributed by atoms with E-state index in [0.717, 1.165) is 34.3 Å². The van der Waals surface area contributed by atoms with Crippen molar-refractivity contribution < 1.29 is 0 Å². The van der Waals surface area contributed by atoms with Crippen molar-refractivity contribution in [1.29, 1.82) is 0 Å². The van der Waals surface area contributed by atoms with E-state index in [1.165, 1.54) is 12.8 Å². The molecule has 0 saturated carbocycles. The Morgan fingerprint density at radius 1 is 1.35 bits per heavy atom. The smallest absolute Gasteiger partial charge is 0.0454 e. The summed E-state index contributed by atoms with van der Waals surface area (Å²) in [6.07, 6.45) is 7.57. The zero-order valence-corrected chi connectivity index (χ0v) is 12.3. The maximum absolute atomic E-state index is 6.15. The first-order valence-corrected chi connectivity index (χ1v) is 7.13. The van der Waals surface area contributed by atoms with E-state index in [1.807, 2.05) is 24.3 Å². The van der Waals surface area contributed by atoms with Gasteiger partial charge in [-0.1, -0.05) is 46.4 Å². The molecular weight excluding hydrogens is 298 g/mol. The van der Waals surface area contributed by atoms with Crippen LogP contribution in [0.2, 0.25) is 5.02 Å². The second-order valence-corrected chi connectivity index (χ2v) is 5.52. The summed E-state index contributed by atoms with van der Waals surface area (Å²) < 4.78 is 1.03. The van der Waals surface area contributed by atoms with Gasteiger partial charge in [0.1, 0.15) is 0 Å². The summed E-state index contributed by atoms with van der Waals surface area (Å²) >= 11 is 9.58. The monoisotopic (exact) mass is 315 g/mol. The molecule has 1 aromatic carbocycles. The average molecular weight is 317 g/mol. The van der Waals surface area contributed by atoms with Gasteiger partial charge in [0, 0.05) is 15.5 Å². The highest BCUT2D eigenvalue weighted by molar-refractivity contribution is 9.10. The molecule has 0 radical (unpaired) electrons. The lowest BCUT2D eigenvalue weighted by atomic mass is 10.0. The molecule has 1 aromatic rings. The zero-order chi connectivity index (χ0) is 12.7. The number of benzene rings is 1. The molecule has 0 bridgehead atoms. The largest absolute Gasteiger partial charge is 0.324 e. The van der Waals surface area contributed by atoms with Crippen LogP contribution in [0.1, 0.15) is 43.7 Å². The highest BCUT2D eigenvalue weighted by Crippen LogP contribution is 2.28. The van der Waals surface area contributed by atoms with Crippen LogP contribution >= 0.6 is 27.5 Å². The van der Waals surface area contributed by atoms with Gasteiger partial charge >= 0.3 is 0 Å². The van der Waals surface area contributed by atoms with Crippen LogP contribution in [0, 0.1) is 0 Å². The molecule has 1 nitrogen and oxygen atoms in total. The van der Waals surface area contributed by atoms with Crippen molar-refractivity contribution in [3.05, 3.63) is 45.9 Å². The first-order chi connectivity index (χ1) is 8.15. The van der Waals surface area contributed by atoms with E-state index < -0.39 is 0 Å². The van der Waals surface area contributed by atoms with Crippen molar-refractivity contribution in [1.82, 2.24) is 0 Å². The van der Waals surface area contributed by atoms with Gasteiger partial charge in [-0.3, -0.25) is 0 Å². The van der Waals surface area contributed by atoms with Crippen molar-refractivity contribution in [2.24, 2.45) is 5.73 Å². The number of rotatable bonds is 7. The molecule has 0 amide bonds. The predicted octanol–water partition coefficient (Wildman–Crippen LogP) is 5.24. The van der Waals surface area contributed by atoms with Gasteiger partial charge in [0.15, 0.2) is 0 Å². The van der Waals surface area contributed by atoms with Gasteiger partial charge in [0.05, 0.1) is 0 Å². The van der Waals surface area contributed by atoms with Gasteiger partial charge in [0.25, 0.3) is 0 Å². The normalized spacial score (nSPS) is 12.4. The van der Waals surface area contributed by atoms with Crippen LogP contribution in [-0.2, 0) is 0 Å². The van der Waals surface area contributed by atoms with Crippen molar-refractivity contribution >= 4 is 27.5 Å². The van der Waals surface area contributed by atoms with Crippen LogP contribution in [0.3, 0.4) is 0 Å².